The van der Waals surface area contributed by atoms with Crippen molar-refractivity contribution in [2.75, 3.05) is 0 Å². The van der Waals surface area contributed by atoms with E-state index in [0.717, 1.165) is 5.56 Å². The van der Waals surface area contributed by atoms with Crippen molar-refractivity contribution < 1.29 is 13.3 Å². The zero-order valence-electron chi connectivity index (χ0n) is 10.2. The van der Waals surface area contributed by atoms with Crippen molar-refractivity contribution in [2.45, 2.75) is 11.5 Å². The molecule has 0 aliphatic heterocycles. The maximum absolute atomic E-state index is 12.0. The topological polar surface area (TPSA) is 55.4 Å². The molecule has 0 unspecified atom stereocenters. The highest BCUT2D eigenvalue weighted by atomic mass is 35.5. The highest BCUT2D eigenvalue weighted by Gasteiger charge is 2.19. The van der Waals surface area contributed by atoms with Crippen molar-refractivity contribution in [1.82, 2.24) is 4.89 Å². The summed E-state index contributed by atoms with van der Waals surface area (Å²) in [4.78, 5) is 6.89. The first-order chi connectivity index (χ1) is 9.50. The Balaban J connectivity index is 2.06. The van der Waals surface area contributed by atoms with Gasteiger partial charge in [-0.3, -0.25) is 4.84 Å². The molecule has 0 heterocycles. The molecule has 2 aromatic carbocycles. The summed E-state index contributed by atoms with van der Waals surface area (Å²) in [5.41, 5.74) is 0.840. The molecule has 0 aliphatic carbocycles. The Kier molecular flexibility index (Phi) is 5.01. The van der Waals surface area contributed by atoms with Crippen LogP contribution in [-0.2, 0) is 21.5 Å². The molecular formula is C13H11Cl2NO3S. The van der Waals surface area contributed by atoms with E-state index in [1.807, 2.05) is 35.2 Å². The molecule has 0 spiro atoms. The number of rotatable bonds is 5. The molecule has 0 saturated carbocycles. The van der Waals surface area contributed by atoms with Crippen LogP contribution in [-0.4, -0.2) is 8.42 Å². The van der Waals surface area contributed by atoms with E-state index in [-0.39, 0.29) is 21.5 Å². The van der Waals surface area contributed by atoms with E-state index in [2.05, 4.69) is 0 Å². The quantitative estimate of drug-likeness (QED) is 0.854. The number of hydrogen-bond donors (Lipinski definition) is 1. The van der Waals surface area contributed by atoms with Crippen LogP contribution in [0.1, 0.15) is 5.56 Å². The lowest BCUT2D eigenvalue weighted by molar-refractivity contribution is 0.0795. The van der Waals surface area contributed by atoms with Crippen LogP contribution in [0.25, 0.3) is 0 Å². The number of benzene rings is 2. The second kappa shape index (κ2) is 6.56. The van der Waals surface area contributed by atoms with Gasteiger partial charge in [0.25, 0.3) is 10.0 Å². The molecule has 0 aliphatic rings. The van der Waals surface area contributed by atoms with E-state index < -0.39 is 10.0 Å². The van der Waals surface area contributed by atoms with Crippen LogP contribution in [0.5, 0.6) is 0 Å². The Labute approximate surface area is 127 Å². The van der Waals surface area contributed by atoms with Gasteiger partial charge >= 0.3 is 0 Å². The van der Waals surface area contributed by atoms with Gasteiger partial charge in [0.15, 0.2) is 0 Å². The predicted molar refractivity (Wildman–Crippen MR) is 78.0 cm³/mol. The molecule has 0 aromatic heterocycles. The number of nitrogens with one attached hydrogen (secondary N) is 1. The van der Waals surface area contributed by atoms with Crippen LogP contribution in [0, 0.1) is 0 Å². The molecule has 7 heteroatoms. The van der Waals surface area contributed by atoms with Gasteiger partial charge in [-0.2, -0.15) is 0 Å². The summed E-state index contributed by atoms with van der Waals surface area (Å²) in [5, 5.41) is 0.127. The van der Waals surface area contributed by atoms with Gasteiger partial charge in [0.2, 0.25) is 0 Å². The molecule has 2 rings (SSSR count). The van der Waals surface area contributed by atoms with Crippen molar-refractivity contribution in [3.8, 4) is 0 Å². The summed E-state index contributed by atoms with van der Waals surface area (Å²) in [6, 6.07) is 13.5. The van der Waals surface area contributed by atoms with E-state index in [9.17, 15) is 8.42 Å². The molecule has 0 saturated heterocycles. The maximum Gasteiger partial charge on any atom is 0.264 e. The molecule has 4 nitrogen and oxygen atoms in total. The van der Waals surface area contributed by atoms with Gasteiger partial charge in [-0.15, -0.1) is 0 Å². The van der Waals surface area contributed by atoms with E-state index in [1.54, 1.807) is 0 Å². The van der Waals surface area contributed by atoms with E-state index in [1.165, 1.54) is 18.2 Å². The van der Waals surface area contributed by atoms with Crippen LogP contribution in [0.3, 0.4) is 0 Å². The number of sulfonamides is 1. The van der Waals surface area contributed by atoms with E-state index in [0.29, 0.717) is 0 Å². The van der Waals surface area contributed by atoms with Gasteiger partial charge in [0.1, 0.15) is 4.90 Å². The number of halogens is 2. The lowest BCUT2D eigenvalue weighted by Gasteiger charge is -2.09. The number of hydrogen-bond acceptors (Lipinski definition) is 3. The van der Waals surface area contributed by atoms with Crippen molar-refractivity contribution in [2.24, 2.45) is 0 Å². The standard InChI is InChI=1S/C13H11Cl2NO3S/c14-11-7-4-8-12(13(11)15)20(17,18)16-19-9-10-5-2-1-3-6-10/h1-8,16H,9H2. The zero-order chi connectivity index (χ0) is 14.6. The summed E-state index contributed by atoms with van der Waals surface area (Å²) < 4.78 is 24.0. The molecule has 0 fully saturated rings. The summed E-state index contributed by atoms with van der Waals surface area (Å²) in [6.45, 7) is 0.109. The van der Waals surface area contributed by atoms with Crippen LogP contribution in [0.2, 0.25) is 10.0 Å². The van der Waals surface area contributed by atoms with Crippen molar-refractivity contribution in [1.29, 1.82) is 0 Å². The zero-order valence-corrected chi connectivity index (χ0v) is 12.5. The predicted octanol–water partition coefficient (Wildman–Crippen LogP) is 3.40. The summed E-state index contributed by atoms with van der Waals surface area (Å²) in [5.74, 6) is 0. The minimum absolute atomic E-state index is 0.0371. The molecule has 0 atom stereocenters. The molecule has 2 aromatic rings. The lowest BCUT2D eigenvalue weighted by Crippen LogP contribution is -2.24. The highest BCUT2D eigenvalue weighted by Crippen LogP contribution is 2.28. The molecule has 0 radical (unpaired) electrons. The molecule has 106 valence electrons. The fourth-order valence-electron chi connectivity index (χ4n) is 1.50. The third kappa shape index (κ3) is 3.71. The molecular weight excluding hydrogens is 321 g/mol. The van der Waals surface area contributed by atoms with Crippen molar-refractivity contribution in [3.05, 3.63) is 64.1 Å². The Hall–Kier alpha value is -1.11. The molecule has 0 amide bonds. The Bertz CT molecular complexity index is 690. The fourth-order valence-corrected chi connectivity index (χ4v) is 3.07. The Morgan fingerprint density at radius 1 is 1.00 bits per heavy atom. The van der Waals surface area contributed by atoms with Gasteiger partial charge in [-0.1, -0.05) is 64.5 Å². The molecule has 20 heavy (non-hydrogen) atoms. The van der Waals surface area contributed by atoms with Gasteiger partial charge in [-0.05, 0) is 17.7 Å². The second-order valence-corrected chi connectivity index (χ2v) is 6.31. The first kappa shape index (κ1) is 15.3. The van der Waals surface area contributed by atoms with Crippen LogP contribution in [0.15, 0.2) is 53.4 Å². The average Bonchev–Trinajstić information content (AvgIpc) is 2.42. The first-order valence-corrected chi connectivity index (χ1v) is 7.86. The van der Waals surface area contributed by atoms with Crippen molar-refractivity contribution in [3.63, 3.8) is 0 Å². The highest BCUT2D eigenvalue weighted by molar-refractivity contribution is 7.89. The monoisotopic (exact) mass is 331 g/mol. The van der Waals surface area contributed by atoms with Crippen LogP contribution in [0.4, 0.5) is 0 Å². The SMILES string of the molecule is O=S(=O)(NOCc1ccccc1)c1cccc(Cl)c1Cl. The second-order valence-electron chi connectivity index (χ2n) is 3.91. The third-order valence-corrected chi connectivity index (χ3v) is 4.64. The normalized spacial score (nSPS) is 11.5. The minimum Gasteiger partial charge on any atom is -0.282 e. The average molecular weight is 332 g/mol. The Morgan fingerprint density at radius 3 is 2.40 bits per heavy atom. The van der Waals surface area contributed by atoms with Gasteiger partial charge < -0.3 is 0 Å². The molecule has 1 N–H and O–H groups in total. The Morgan fingerprint density at radius 2 is 1.70 bits per heavy atom. The van der Waals surface area contributed by atoms with E-state index >= 15 is 0 Å². The summed E-state index contributed by atoms with van der Waals surface area (Å²) >= 11 is 11.7. The summed E-state index contributed by atoms with van der Waals surface area (Å²) in [6.07, 6.45) is 0. The maximum atomic E-state index is 12.0. The van der Waals surface area contributed by atoms with Crippen LogP contribution < -0.4 is 4.89 Å². The van der Waals surface area contributed by atoms with E-state index in [4.69, 9.17) is 28.0 Å². The largest absolute Gasteiger partial charge is 0.282 e. The van der Waals surface area contributed by atoms with Crippen LogP contribution >= 0.6 is 23.2 Å². The fraction of sp³-hybridized carbons (Fsp3) is 0.0769. The van der Waals surface area contributed by atoms with Gasteiger partial charge in [0.05, 0.1) is 16.7 Å². The van der Waals surface area contributed by atoms with Crippen molar-refractivity contribution >= 4 is 33.2 Å². The molecule has 0 bridgehead atoms. The third-order valence-electron chi connectivity index (χ3n) is 2.46. The van der Waals surface area contributed by atoms with Gasteiger partial charge in [0, 0.05) is 0 Å². The first-order valence-electron chi connectivity index (χ1n) is 5.62. The van der Waals surface area contributed by atoms with Gasteiger partial charge in [-0.25, -0.2) is 8.42 Å². The summed E-state index contributed by atoms with van der Waals surface area (Å²) in [7, 11) is -3.87. The lowest BCUT2D eigenvalue weighted by atomic mass is 10.2. The smallest absolute Gasteiger partial charge is 0.264 e. The minimum atomic E-state index is -3.87.